The molecule has 0 aliphatic carbocycles. The van der Waals surface area contributed by atoms with Gasteiger partial charge in [0.25, 0.3) is 0 Å². The molecule has 2 N–H and O–H groups in total. The fourth-order valence-electron chi connectivity index (χ4n) is 3.34. The Morgan fingerprint density at radius 3 is 2.76 bits per heavy atom. The van der Waals surface area contributed by atoms with E-state index in [-0.39, 0.29) is 5.91 Å². The third-order valence-electron chi connectivity index (χ3n) is 4.79. The minimum atomic E-state index is 0.224. The highest BCUT2D eigenvalue weighted by Crippen LogP contribution is 2.21. The summed E-state index contributed by atoms with van der Waals surface area (Å²) in [6, 6.07) is 8.17. The van der Waals surface area contributed by atoms with Gasteiger partial charge in [-0.05, 0) is 43.4 Å². The van der Waals surface area contributed by atoms with E-state index in [0.717, 1.165) is 49.7 Å². The van der Waals surface area contributed by atoms with Crippen molar-refractivity contribution in [3.8, 4) is 0 Å². The minimum absolute atomic E-state index is 0.224. The number of anilines is 1. The van der Waals surface area contributed by atoms with Gasteiger partial charge in [-0.2, -0.15) is 0 Å². The monoisotopic (exact) mass is 344 g/mol. The van der Waals surface area contributed by atoms with Crippen LogP contribution < -0.4 is 15.5 Å². The third kappa shape index (κ3) is 4.95. The number of rotatable bonds is 6. The second-order valence-electron chi connectivity index (χ2n) is 6.59. The first-order valence-electron chi connectivity index (χ1n) is 9.21. The predicted octanol–water partition coefficient (Wildman–Crippen LogP) is 2.05. The molecule has 0 bridgehead atoms. The average Bonchev–Trinajstić information content (AvgIpc) is 3.30. The molecule has 6 heteroatoms. The van der Waals surface area contributed by atoms with Gasteiger partial charge in [-0.1, -0.05) is 12.1 Å². The molecule has 136 valence electrons. The second kappa shape index (κ2) is 8.85. The normalized spacial score (nSPS) is 21.0. The molecule has 0 spiro atoms. The Bertz CT molecular complexity index is 594. The van der Waals surface area contributed by atoms with Gasteiger partial charge in [-0.25, -0.2) is 0 Å². The number of benzene rings is 1. The summed E-state index contributed by atoms with van der Waals surface area (Å²) in [6.07, 6.45) is 5.37. The molecule has 2 heterocycles. The zero-order chi connectivity index (χ0) is 17.5. The molecule has 2 aliphatic heterocycles. The Balaban J connectivity index is 1.42. The van der Waals surface area contributed by atoms with E-state index in [1.54, 1.807) is 7.05 Å². The molecule has 0 radical (unpaired) electrons. The van der Waals surface area contributed by atoms with Crippen molar-refractivity contribution in [2.24, 2.45) is 4.99 Å². The molecule has 1 amide bonds. The van der Waals surface area contributed by atoms with E-state index in [1.807, 2.05) is 17.0 Å². The summed E-state index contributed by atoms with van der Waals surface area (Å²) in [5, 5.41) is 6.66. The van der Waals surface area contributed by atoms with Crippen LogP contribution in [0.1, 0.15) is 37.7 Å². The third-order valence-corrected chi connectivity index (χ3v) is 4.79. The van der Waals surface area contributed by atoms with Crippen LogP contribution in [0.25, 0.3) is 0 Å². The first kappa shape index (κ1) is 17.7. The van der Waals surface area contributed by atoms with Crippen LogP contribution in [0, 0.1) is 0 Å². The summed E-state index contributed by atoms with van der Waals surface area (Å²) >= 11 is 0. The Morgan fingerprint density at radius 2 is 2.12 bits per heavy atom. The lowest BCUT2D eigenvalue weighted by atomic mass is 10.2. The Labute approximate surface area is 149 Å². The van der Waals surface area contributed by atoms with Crippen LogP contribution in [0.4, 0.5) is 5.69 Å². The molecule has 1 unspecified atom stereocenters. The summed E-state index contributed by atoms with van der Waals surface area (Å²) in [6.45, 7) is 3.29. The maximum absolute atomic E-state index is 11.8. The van der Waals surface area contributed by atoms with Gasteiger partial charge in [-0.15, -0.1) is 0 Å². The number of amides is 1. The first-order valence-corrected chi connectivity index (χ1v) is 9.21. The van der Waals surface area contributed by atoms with Crippen molar-refractivity contribution in [3.05, 3.63) is 29.8 Å². The standard InChI is InChI=1S/C19H28N4O2/c1-20-19(21-11-10-17-4-3-13-25-17)22-14-15-6-8-16(9-7-15)23-12-2-5-18(23)24/h6-9,17H,2-5,10-14H2,1H3,(H2,20,21,22). The van der Waals surface area contributed by atoms with Gasteiger partial charge in [-0.3, -0.25) is 9.79 Å². The van der Waals surface area contributed by atoms with Gasteiger partial charge in [0, 0.05) is 45.4 Å². The number of aliphatic imine (C=N–C) groups is 1. The highest BCUT2D eigenvalue weighted by Gasteiger charge is 2.21. The van der Waals surface area contributed by atoms with Gasteiger partial charge in [0.1, 0.15) is 0 Å². The minimum Gasteiger partial charge on any atom is -0.378 e. The number of carbonyl (C=O) groups is 1. The van der Waals surface area contributed by atoms with Crippen molar-refractivity contribution in [3.63, 3.8) is 0 Å². The molecule has 1 aromatic carbocycles. The topological polar surface area (TPSA) is 66.0 Å². The van der Waals surface area contributed by atoms with Crippen molar-refractivity contribution >= 4 is 17.6 Å². The van der Waals surface area contributed by atoms with Crippen LogP contribution in [0.15, 0.2) is 29.3 Å². The SMILES string of the molecule is CN=C(NCCC1CCCO1)NCc1ccc(N2CCCC2=O)cc1. The quantitative estimate of drug-likeness (QED) is 0.612. The van der Waals surface area contributed by atoms with Crippen LogP contribution in [0.3, 0.4) is 0 Å². The van der Waals surface area contributed by atoms with Gasteiger partial charge in [0.2, 0.25) is 5.91 Å². The zero-order valence-corrected chi connectivity index (χ0v) is 15.0. The van der Waals surface area contributed by atoms with Crippen molar-refractivity contribution in [1.29, 1.82) is 0 Å². The zero-order valence-electron chi connectivity index (χ0n) is 15.0. The maximum Gasteiger partial charge on any atom is 0.227 e. The van der Waals surface area contributed by atoms with E-state index in [4.69, 9.17) is 4.74 Å². The van der Waals surface area contributed by atoms with E-state index in [0.29, 0.717) is 19.1 Å². The fraction of sp³-hybridized carbons (Fsp3) is 0.579. The summed E-state index contributed by atoms with van der Waals surface area (Å²) in [4.78, 5) is 17.9. The average molecular weight is 344 g/mol. The number of hydrogen-bond donors (Lipinski definition) is 2. The van der Waals surface area contributed by atoms with E-state index >= 15 is 0 Å². The number of carbonyl (C=O) groups excluding carboxylic acids is 1. The molecular formula is C19H28N4O2. The molecule has 1 aromatic rings. The molecule has 3 rings (SSSR count). The Hall–Kier alpha value is -2.08. The summed E-state index contributed by atoms with van der Waals surface area (Å²) in [5.74, 6) is 1.03. The van der Waals surface area contributed by atoms with Crippen LogP contribution >= 0.6 is 0 Å². The molecular weight excluding hydrogens is 316 g/mol. The summed E-state index contributed by atoms with van der Waals surface area (Å²) < 4.78 is 5.63. The fourth-order valence-corrected chi connectivity index (χ4v) is 3.34. The highest BCUT2D eigenvalue weighted by atomic mass is 16.5. The van der Waals surface area contributed by atoms with Crippen LogP contribution in [-0.2, 0) is 16.1 Å². The second-order valence-corrected chi connectivity index (χ2v) is 6.59. The number of nitrogens with one attached hydrogen (secondary N) is 2. The van der Waals surface area contributed by atoms with Crippen LogP contribution in [0.5, 0.6) is 0 Å². The molecule has 2 saturated heterocycles. The number of hydrogen-bond acceptors (Lipinski definition) is 3. The lowest BCUT2D eigenvalue weighted by Crippen LogP contribution is -2.38. The van der Waals surface area contributed by atoms with E-state index < -0.39 is 0 Å². The Morgan fingerprint density at radius 1 is 1.28 bits per heavy atom. The molecule has 2 aliphatic rings. The molecule has 0 saturated carbocycles. The van der Waals surface area contributed by atoms with E-state index in [2.05, 4.69) is 27.8 Å². The van der Waals surface area contributed by atoms with Gasteiger partial charge in [0.05, 0.1) is 6.10 Å². The lowest BCUT2D eigenvalue weighted by molar-refractivity contribution is -0.117. The molecule has 6 nitrogen and oxygen atoms in total. The largest absolute Gasteiger partial charge is 0.378 e. The Kier molecular flexibility index (Phi) is 6.28. The van der Waals surface area contributed by atoms with Gasteiger partial charge < -0.3 is 20.3 Å². The lowest BCUT2D eigenvalue weighted by Gasteiger charge is -2.17. The van der Waals surface area contributed by atoms with Crippen molar-refractivity contribution in [2.75, 3.05) is 31.6 Å². The van der Waals surface area contributed by atoms with E-state index in [1.165, 1.54) is 12.8 Å². The number of ether oxygens (including phenoxy) is 1. The van der Waals surface area contributed by atoms with Crippen molar-refractivity contribution < 1.29 is 9.53 Å². The smallest absolute Gasteiger partial charge is 0.227 e. The molecule has 2 fully saturated rings. The first-order chi connectivity index (χ1) is 12.3. The summed E-state index contributed by atoms with van der Waals surface area (Å²) in [7, 11) is 1.78. The van der Waals surface area contributed by atoms with Gasteiger partial charge >= 0.3 is 0 Å². The van der Waals surface area contributed by atoms with Crippen LogP contribution in [0.2, 0.25) is 0 Å². The van der Waals surface area contributed by atoms with Gasteiger partial charge in [0.15, 0.2) is 5.96 Å². The summed E-state index contributed by atoms with van der Waals surface area (Å²) in [5.41, 5.74) is 2.16. The number of nitrogens with zero attached hydrogens (tertiary/aromatic N) is 2. The molecule has 0 aromatic heterocycles. The molecule has 1 atom stereocenters. The van der Waals surface area contributed by atoms with E-state index in [9.17, 15) is 4.79 Å². The predicted molar refractivity (Wildman–Crippen MR) is 99.8 cm³/mol. The van der Waals surface area contributed by atoms with Crippen molar-refractivity contribution in [2.45, 2.75) is 44.8 Å². The maximum atomic E-state index is 11.8. The van der Waals surface area contributed by atoms with Crippen molar-refractivity contribution in [1.82, 2.24) is 10.6 Å². The highest BCUT2D eigenvalue weighted by molar-refractivity contribution is 5.95. The number of guanidine groups is 1. The molecule has 25 heavy (non-hydrogen) atoms. The van der Waals surface area contributed by atoms with Crippen LogP contribution in [-0.4, -0.2) is 44.7 Å².